The lowest BCUT2D eigenvalue weighted by Gasteiger charge is -2.43. The Hall–Kier alpha value is -0.770. The van der Waals surface area contributed by atoms with Crippen molar-refractivity contribution in [3.05, 3.63) is 0 Å². The van der Waals surface area contributed by atoms with Crippen LogP contribution in [0.15, 0.2) is 4.99 Å². The minimum Gasteiger partial charge on any atom is -0.379 e. The van der Waals surface area contributed by atoms with E-state index in [1.807, 2.05) is 7.05 Å². The molecule has 0 amide bonds. The molecule has 0 aromatic heterocycles. The molecule has 0 aromatic carbocycles. The van der Waals surface area contributed by atoms with Crippen LogP contribution in [-0.4, -0.2) is 51.3 Å². The van der Waals surface area contributed by atoms with Gasteiger partial charge in [0.25, 0.3) is 0 Å². The molecule has 3 fully saturated rings. The van der Waals surface area contributed by atoms with Crippen LogP contribution in [0.1, 0.15) is 44.9 Å². The first-order valence-corrected chi connectivity index (χ1v) is 8.73. The zero-order valence-corrected chi connectivity index (χ0v) is 13.7. The highest BCUT2D eigenvalue weighted by Crippen LogP contribution is 2.56. The van der Waals surface area contributed by atoms with Crippen molar-refractivity contribution in [2.24, 2.45) is 22.2 Å². The van der Waals surface area contributed by atoms with Gasteiger partial charge in [0.2, 0.25) is 0 Å². The molecule has 0 spiro atoms. The lowest BCUT2D eigenvalue weighted by molar-refractivity contribution is 0.102. The number of likely N-dealkylation sites (N-methyl/N-ethyl adjacent to an activating group) is 1. The van der Waals surface area contributed by atoms with E-state index in [9.17, 15) is 0 Å². The van der Waals surface area contributed by atoms with Crippen molar-refractivity contribution in [2.45, 2.75) is 44.9 Å². The normalized spacial score (nSPS) is 24.6. The second kappa shape index (κ2) is 6.55. The molecule has 3 saturated carbocycles. The molecule has 4 nitrogen and oxygen atoms in total. The van der Waals surface area contributed by atoms with Gasteiger partial charge in [-0.3, -0.25) is 4.99 Å². The van der Waals surface area contributed by atoms with Crippen LogP contribution in [0.3, 0.4) is 0 Å². The van der Waals surface area contributed by atoms with Gasteiger partial charge >= 0.3 is 0 Å². The van der Waals surface area contributed by atoms with Crippen LogP contribution in [0.5, 0.6) is 0 Å². The Bertz CT molecular complexity index is 370. The minimum absolute atomic E-state index is 0.596. The van der Waals surface area contributed by atoms with Gasteiger partial charge in [0.05, 0.1) is 6.61 Å². The predicted molar refractivity (Wildman–Crippen MR) is 86.5 cm³/mol. The van der Waals surface area contributed by atoms with Crippen LogP contribution in [0.4, 0.5) is 0 Å². The summed E-state index contributed by atoms with van der Waals surface area (Å²) in [4.78, 5) is 6.63. The molecule has 3 aliphatic rings. The lowest BCUT2D eigenvalue weighted by atomic mass is 9.65. The summed E-state index contributed by atoms with van der Waals surface area (Å²) in [6.45, 7) is 3.78. The molecule has 0 unspecified atom stereocenters. The zero-order chi connectivity index (χ0) is 14.7. The van der Waals surface area contributed by atoms with Crippen LogP contribution in [0, 0.1) is 17.3 Å². The zero-order valence-electron chi connectivity index (χ0n) is 13.7. The molecule has 21 heavy (non-hydrogen) atoms. The number of hydrogen-bond donors (Lipinski definition) is 1. The Morgan fingerprint density at radius 1 is 1.29 bits per heavy atom. The highest BCUT2D eigenvalue weighted by molar-refractivity contribution is 5.79. The van der Waals surface area contributed by atoms with Crippen molar-refractivity contribution in [1.29, 1.82) is 0 Å². The highest BCUT2D eigenvalue weighted by atomic mass is 16.5. The predicted octanol–water partition coefficient (Wildman–Crippen LogP) is 2.50. The van der Waals surface area contributed by atoms with E-state index >= 15 is 0 Å². The van der Waals surface area contributed by atoms with E-state index in [-0.39, 0.29) is 0 Å². The summed E-state index contributed by atoms with van der Waals surface area (Å²) in [5.41, 5.74) is 0.596. The molecule has 0 bridgehead atoms. The van der Waals surface area contributed by atoms with Gasteiger partial charge in [-0.25, -0.2) is 0 Å². The smallest absolute Gasteiger partial charge is 0.193 e. The number of hydrogen-bond acceptors (Lipinski definition) is 2. The standard InChI is InChI=1S/C17H31N3O/c1-18-16(20(2)10-11-21-12-14-4-5-14)19-13-17(8-3-9-17)15-6-7-15/h14-15H,3-13H2,1-2H3,(H,18,19). The first kappa shape index (κ1) is 15.1. The van der Waals surface area contributed by atoms with Crippen molar-refractivity contribution >= 4 is 5.96 Å². The summed E-state index contributed by atoms with van der Waals surface area (Å²) in [7, 11) is 3.99. The van der Waals surface area contributed by atoms with Gasteiger partial charge in [-0.1, -0.05) is 6.42 Å². The van der Waals surface area contributed by atoms with Crippen molar-refractivity contribution in [3.8, 4) is 0 Å². The average molecular weight is 293 g/mol. The highest BCUT2D eigenvalue weighted by Gasteiger charge is 2.48. The molecule has 0 aromatic rings. The third-order valence-corrected chi connectivity index (χ3v) is 5.59. The summed E-state index contributed by atoms with van der Waals surface area (Å²) in [6.07, 6.45) is 9.87. The SMILES string of the molecule is CN=C(NCC1(C2CC2)CCC1)N(C)CCOCC1CC1. The first-order chi connectivity index (χ1) is 10.2. The summed E-state index contributed by atoms with van der Waals surface area (Å²) < 4.78 is 5.72. The lowest BCUT2D eigenvalue weighted by Crippen LogP contribution is -2.48. The molecule has 1 N–H and O–H groups in total. The maximum Gasteiger partial charge on any atom is 0.193 e. The van der Waals surface area contributed by atoms with Crippen LogP contribution < -0.4 is 5.32 Å². The Morgan fingerprint density at radius 2 is 2.05 bits per heavy atom. The van der Waals surface area contributed by atoms with Gasteiger partial charge < -0.3 is 15.0 Å². The van der Waals surface area contributed by atoms with E-state index in [0.29, 0.717) is 5.41 Å². The fourth-order valence-electron chi connectivity index (χ4n) is 3.54. The molecule has 0 atom stereocenters. The van der Waals surface area contributed by atoms with Gasteiger partial charge in [-0.05, 0) is 55.8 Å². The maximum atomic E-state index is 5.72. The Balaban J connectivity index is 1.37. The van der Waals surface area contributed by atoms with Gasteiger partial charge in [-0.15, -0.1) is 0 Å². The van der Waals surface area contributed by atoms with E-state index < -0.39 is 0 Å². The molecule has 3 aliphatic carbocycles. The van der Waals surface area contributed by atoms with Crippen molar-refractivity contribution in [2.75, 3.05) is 40.4 Å². The quantitative estimate of drug-likeness (QED) is 0.424. The Kier molecular flexibility index (Phi) is 4.72. The van der Waals surface area contributed by atoms with Gasteiger partial charge in [-0.2, -0.15) is 0 Å². The average Bonchev–Trinajstić information content (AvgIpc) is 3.30. The third-order valence-electron chi connectivity index (χ3n) is 5.59. The van der Waals surface area contributed by atoms with E-state index in [4.69, 9.17) is 4.74 Å². The van der Waals surface area contributed by atoms with E-state index in [1.165, 1.54) is 44.9 Å². The van der Waals surface area contributed by atoms with Crippen LogP contribution in [0.2, 0.25) is 0 Å². The van der Waals surface area contributed by atoms with Crippen LogP contribution in [-0.2, 0) is 4.74 Å². The molecular weight excluding hydrogens is 262 g/mol. The summed E-state index contributed by atoms with van der Waals surface area (Å²) in [6, 6.07) is 0. The molecule has 120 valence electrons. The molecule has 0 radical (unpaired) electrons. The fraction of sp³-hybridized carbons (Fsp3) is 0.941. The monoisotopic (exact) mass is 293 g/mol. The van der Waals surface area contributed by atoms with Crippen molar-refractivity contribution < 1.29 is 4.74 Å². The van der Waals surface area contributed by atoms with E-state index in [1.54, 1.807) is 0 Å². The van der Waals surface area contributed by atoms with Gasteiger partial charge in [0, 0.05) is 33.8 Å². The molecule has 4 heteroatoms. The fourth-order valence-corrected chi connectivity index (χ4v) is 3.54. The maximum absolute atomic E-state index is 5.72. The van der Waals surface area contributed by atoms with Gasteiger partial charge in [0.1, 0.15) is 0 Å². The second-order valence-corrected chi connectivity index (χ2v) is 7.33. The minimum atomic E-state index is 0.596. The summed E-state index contributed by atoms with van der Waals surface area (Å²) in [5.74, 6) is 2.87. The third kappa shape index (κ3) is 3.91. The van der Waals surface area contributed by atoms with Crippen LogP contribution >= 0.6 is 0 Å². The topological polar surface area (TPSA) is 36.9 Å². The second-order valence-electron chi connectivity index (χ2n) is 7.33. The van der Waals surface area contributed by atoms with Gasteiger partial charge in [0.15, 0.2) is 5.96 Å². The summed E-state index contributed by atoms with van der Waals surface area (Å²) in [5, 5.41) is 3.62. The number of ether oxygens (including phenoxy) is 1. The largest absolute Gasteiger partial charge is 0.379 e. The molecule has 0 aliphatic heterocycles. The Morgan fingerprint density at radius 3 is 2.57 bits per heavy atom. The Labute approximate surface area is 129 Å². The number of aliphatic imine (C=N–C) groups is 1. The van der Waals surface area contributed by atoms with Crippen LogP contribution in [0.25, 0.3) is 0 Å². The number of guanidine groups is 1. The van der Waals surface area contributed by atoms with Crippen molar-refractivity contribution in [1.82, 2.24) is 10.2 Å². The number of nitrogens with zero attached hydrogens (tertiary/aromatic N) is 2. The molecule has 0 saturated heterocycles. The first-order valence-electron chi connectivity index (χ1n) is 8.73. The van der Waals surface area contributed by atoms with E-state index in [0.717, 1.165) is 44.1 Å². The summed E-state index contributed by atoms with van der Waals surface area (Å²) >= 11 is 0. The van der Waals surface area contributed by atoms with E-state index in [2.05, 4.69) is 22.3 Å². The molecule has 3 rings (SSSR count). The number of rotatable bonds is 8. The molecular formula is C17H31N3O. The molecule has 0 heterocycles. The number of nitrogens with one attached hydrogen (secondary N) is 1. The van der Waals surface area contributed by atoms with Crippen molar-refractivity contribution in [3.63, 3.8) is 0 Å².